The van der Waals surface area contributed by atoms with Gasteiger partial charge in [0.1, 0.15) is 0 Å². The smallest absolute Gasteiger partial charge is 0.319 e. The molecule has 2 N–H and O–H groups in total. The van der Waals surface area contributed by atoms with Crippen molar-refractivity contribution in [3.8, 4) is 0 Å². The lowest BCUT2D eigenvalue weighted by Gasteiger charge is -2.27. The average Bonchev–Trinajstić information content (AvgIpc) is 2.18. The number of carbonyl (C=O) groups excluding carboxylic acids is 2. The third kappa shape index (κ3) is 4.78. The van der Waals surface area contributed by atoms with E-state index in [1.165, 1.54) is 7.11 Å². The minimum atomic E-state index is -0.394. The van der Waals surface area contributed by atoms with Gasteiger partial charge in [-0.15, -0.1) is 0 Å². The highest BCUT2D eigenvalue weighted by molar-refractivity contribution is 5.81. The molecule has 0 aromatic heterocycles. The topological polar surface area (TPSA) is 72.6 Å². The molecule has 0 saturated heterocycles. The highest BCUT2D eigenvalue weighted by Gasteiger charge is 2.23. The van der Waals surface area contributed by atoms with E-state index < -0.39 is 5.91 Å². The maximum Gasteiger partial charge on any atom is 0.319 e. The average molecular weight is 216 g/mol. The Morgan fingerprint density at radius 3 is 2.33 bits per heavy atom. The first-order chi connectivity index (χ1) is 7.06. The van der Waals surface area contributed by atoms with Crippen LogP contribution in [0.1, 0.15) is 26.7 Å². The normalized spacial score (nSPS) is 12.5. The molecule has 0 rings (SSSR count). The van der Waals surface area contributed by atoms with E-state index in [4.69, 9.17) is 5.73 Å². The fourth-order valence-electron chi connectivity index (χ4n) is 1.50. The lowest BCUT2D eigenvalue weighted by Crippen LogP contribution is -2.47. The first-order valence-corrected chi connectivity index (χ1v) is 5.16. The molecule has 1 atom stereocenters. The van der Waals surface area contributed by atoms with Gasteiger partial charge in [-0.2, -0.15) is 0 Å². The van der Waals surface area contributed by atoms with E-state index in [0.717, 1.165) is 6.42 Å². The van der Waals surface area contributed by atoms with Gasteiger partial charge in [0.05, 0.1) is 19.7 Å². The Morgan fingerprint density at radius 2 is 2.00 bits per heavy atom. The summed E-state index contributed by atoms with van der Waals surface area (Å²) in [5, 5.41) is 0. The maximum atomic E-state index is 11.1. The monoisotopic (exact) mass is 216 g/mol. The first kappa shape index (κ1) is 13.9. The molecule has 1 unspecified atom stereocenters. The van der Waals surface area contributed by atoms with E-state index in [1.807, 2.05) is 13.8 Å². The van der Waals surface area contributed by atoms with Crippen molar-refractivity contribution in [3.05, 3.63) is 0 Å². The van der Waals surface area contributed by atoms with E-state index in [0.29, 0.717) is 13.0 Å². The predicted octanol–water partition coefficient (Wildman–Crippen LogP) is 0.135. The van der Waals surface area contributed by atoms with Gasteiger partial charge >= 0.3 is 5.97 Å². The molecule has 0 heterocycles. The zero-order valence-electron chi connectivity index (χ0n) is 9.66. The number of hydrogen-bond donors (Lipinski definition) is 1. The van der Waals surface area contributed by atoms with E-state index in [9.17, 15) is 9.59 Å². The van der Waals surface area contributed by atoms with Gasteiger partial charge in [-0.25, -0.2) is 0 Å². The second-order valence-electron chi connectivity index (χ2n) is 3.37. The van der Waals surface area contributed by atoms with Crippen molar-refractivity contribution in [2.45, 2.75) is 32.7 Å². The third-order valence-corrected chi connectivity index (χ3v) is 2.23. The van der Waals surface area contributed by atoms with Crippen LogP contribution in [-0.4, -0.2) is 43.0 Å². The van der Waals surface area contributed by atoms with Crippen LogP contribution in [0.3, 0.4) is 0 Å². The molecule has 0 bridgehead atoms. The SMILES string of the molecule is CCCN(CC(=O)OC)C(CC)C(N)=O. The number of nitrogens with two attached hydrogens (primary N) is 1. The van der Waals surface area contributed by atoms with Gasteiger partial charge in [0.2, 0.25) is 5.91 Å². The van der Waals surface area contributed by atoms with Gasteiger partial charge in [0, 0.05) is 0 Å². The summed E-state index contributed by atoms with van der Waals surface area (Å²) in [6.07, 6.45) is 1.47. The molecule has 0 saturated carbocycles. The summed E-state index contributed by atoms with van der Waals surface area (Å²) in [4.78, 5) is 24.0. The van der Waals surface area contributed by atoms with Crippen molar-refractivity contribution < 1.29 is 14.3 Å². The summed E-state index contributed by atoms with van der Waals surface area (Å²) in [6, 6.07) is -0.385. The minimum absolute atomic E-state index is 0.117. The fourth-order valence-corrected chi connectivity index (χ4v) is 1.50. The number of primary amides is 1. The molecule has 1 amide bonds. The Bertz CT molecular complexity index is 219. The Balaban J connectivity index is 4.46. The van der Waals surface area contributed by atoms with Crippen molar-refractivity contribution in [1.29, 1.82) is 0 Å². The van der Waals surface area contributed by atoms with Gasteiger partial charge in [-0.3, -0.25) is 14.5 Å². The van der Waals surface area contributed by atoms with Crippen molar-refractivity contribution >= 4 is 11.9 Å². The molecule has 5 heteroatoms. The summed E-state index contributed by atoms with van der Waals surface area (Å²) in [5.74, 6) is -0.738. The molecule has 0 radical (unpaired) electrons. The molecule has 0 fully saturated rings. The number of hydrogen-bond acceptors (Lipinski definition) is 4. The largest absolute Gasteiger partial charge is 0.468 e. The van der Waals surface area contributed by atoms with E-state index in [-0.39, 0.29) is 18.6 Å². The van der Waals surface area contributed by atoms with Gasteiger partial charge in [0.25, 0.3) is 0 Å². The second kappa shape index (κ2) is 7.23. The molecule has 0 aromatic carbocycles. The molecule has 88 valence electrons. The molecule has 0 aliphatic carbocycles. The number of esters is 1. The lowest BCUT2D eigenvalue weighted by molar-refractivity contribution is -0.143. The van der Waals surface area contributed by atoms with Crippen LogP contribution in [0.4, 0.5) is 0 Å². The summed E-state index contributed by atoms with van der Waals surface area (Å²) in [5.41, 5.74) is 5.26. The Kier molecular flexibility index (Phi) is 6.70. The molecule has 0 spiro atoms. The summed E-state index contributed by atoms with van der Waals surface area (Å²) < 4.78 is 4.57. The van der Waals surface area contributed by atoms with Crippen LogP contribution in [-0.2, 0) is 14.3 Å². The van der Waals surface area contributed by atoms with E-state index in [1.54, 1.807) is 4.90 Å². The number of rotatable bonds is 7. The van der Waals surface area contributed by atoms with Gasteiger partial charge < -0.3 is 10.5 Å². The van der Waals surface area contributed by atoms with Crippen molar-refractivity contribution in [3.63, 3.8) is 0 Å². The molecule has 0 aromatic rings. The molecule has 0 aliphatic heterocycles. The summed E-state index contributed by atoms with van der Waals surface area (Å²) in [7, 11) is 1.33. The van der Waals surface area contributed by atoms with Crippen LogP contribution < -0.4 is 5.73 Å². The Morgan fingerprint density at radius 1 is 1.40 bits per heavy atom. The number of ether oxygens (including phenoxy) is 1. The number of carbonyl (C=O) groups is 2. The number of methoxy groups -OCH3 is 1. The Hall–Kier alpha value is -1.10. The molecule has 0 aliphatic rings. The van der Waals surface area contributed by atoms with Crippen LogP contribution in [0.5, 0.6) is 0 Å². The standard InChI is InChI=1S/C10H20N2O3/c1-4-6-12(7-9(13)15-3)8(5-2)10(11)14/h8H,4-7H2,1-3H3,(H2,11,14). The Labute approximate surface area is 90.6 Å². The maximum absolute atomic E-state index is 11.1. The lowest BCUT2D eigenvalue weighted by atomic mass is 10.1. The zero-order chi connectivity index (χ0) is 11.8. The zero-order valence-corrected chi connectivity index (χ0v) is 9.66. The van der Waals surface area contributed by atoms with Crippen LogP contribution in [0.2, 0.25) is 0 Å². The van der Waals surface area contributed by atoms with Crippen molar-refractivity contribution in [2.24, 2.45) is 5.73 Å². The van der Waals surface area contributed by atoms with Gasteiger partial charge in [-0.05, 0) is 19.4 Å². The number of nitrogens with zero attached hydrogens (tertiary/aromatic N) is 1. The quantitative estimate of drug-likeness (QED) is 0.614. The van der Waals surface area contributed by atoms with Gasteiger partial charge in [0.15, 0.2) is 0 Å². The van der Waals surface area contributed by atoms with E-state index in [2.05, 4.69) is 4.74 Å². The summed E-state index contributed by atoms with van der Waals surface area (Å²) >= 11 is 0. The predicted molar refractivity (Wildman–Crippen MR) is 57.2 cm³/mol. The number of amides is 1. The van der Waals surface area contributed by atoms with Gasteiger partial charge in [-0.1, -0.05) is 13.8 Å². The fraction of sp³-hybridized carbons (Fsp3) is 0.800. The second-order valence-corrected chi connectivity index (χ2v) is 3.37. The minimum Gasteiger partial charge on any atom is -0.468 e. The third-order valence-electron chi connectivity index (χ3n) is 2.23. The molecular formula is C10H20N2O3. The summed E-state index contributed by atoms with van der Waals surface area (Å²) in [6.45, 7) is 4.63. The van der Waals surface area contributed by atoms with E-state index >= 15 is 0 Å². The van der Waals surface area contributed by atoms with Crippen molar-refractivity contribution in [2.75, 3.05) is 20.2 Å². The first-order valence-electron chi connectivity index (χ1n) is 5.16. The molecular weight excluding hydrogens is 196 g/mol. The molecule has 5 nitrogen and oxygen atoms in total. The highest BCUT2D eigenvalue weighted by Crippen LogP contribution is 2.05. The van der Waals surface area contributed by atoms with Crippen molar-refractivity contribution in [1.82, 2.24) is 4.90 Å². The van der Waals surface area contributed by atoms with Crippen LogP contribution in [0.25, 0.3) is 0 Å². The van der Waals surface area contributed by atoms with Crippen LogP contribution in [0, 0.1) is 0 Å². The van der Waals surface area contributed by atoms with Crippen LogP contribution >= 0.6 is 0 Å². The molecule has 15 heavy (non-hydrogen) atoms. The van der Waals surface area contributed by atoms with Crippen LogP contribution in [0.15, 0.2) is 0 Å². The highest BCUT2D eigenvalue weighted by atomic mass is 16.5.